The maximum Gasteiger partial charge on any atom is 0.162 e. The Morgan fingerprint density at radius 3 is 2.45 bits per heavy atom. The van der Waals surface area contributed by atoms with Crippen LogP contribution in [0.5, 0.6) is 0 Å². The van der Waals surface area contributed by atoms with Gasteiger partial charge in [0.1, 0.15) is 5.78 Å². The van der Waals surface area contributed by atoms with E-state index < -0.39 is 11.2 Å². The minimum Gasteiger partial charge on any atom is -0.349 e. The van der Waals surface area contributed by atoms with Gasteiger partial charge in [-0.1, -0.05) is 30.3 Å². The van der Waals surface area contributed by atoms with Gasteiger partial charge in [0.2, 0.25) is 0 Å². The lowest BCUT2D eigenvalue weighted by Crippen LogP contribution is -2.49. The van der Waals surface area contributed by atoms with Crippen LogP contribution in [-0.2, 0) is 20.7 Å². The smallest absolute Gasteiger partial charge is 0.162 e. The molecule has 108 valence electrons. The minimum atomic E-state index is -0.553. The van der Waals surface area contributed by atoms with E-state index in [1.54, 1.807) is 0 Å². The fraction of sp³-hybridized carbons (Fsp3) is 0.588. The van der Waals surface area contributed by atoms with Crippen LogP contribution in [0.3, 0.4) is 0 Å². The summed E-state index contributed by atoms with van der Waals surface area (Å²) in [5.41, 5.74) is 0.843. The van der Waals surface area contributed by atoms with E-state index in [2.05, 4.69) is 12.1 Å². The normalized spacial score (nSPS) is 27.9. The van der Waals surface area contributed by atoms with Gasteiger partial charge in [-0.3, -0.25) is 4.79 Å². The number of carbonyl (C=O) groups excluding carboxylic acids is 1. The maximum absolute atomic E-state index is 12.7. The van der Waals surface area contributed by atoms with Gasteiger partial charge in [-0.25, -0.2) is 0 Å². The Labute approximate surface area is 120 Å². The molecule has 3 rings (SSSR count). The molecular formula is C17H22O3. The van der Waals surface area contributed by atoms with Crippen LogP contribution in [-0.4, -0.2) is 24.8 Å². The van der Waals surface area contributed by atoms with Crippen molar-refractivity contribution in [1.82, 2.24) is 0 Å². The van der Waals surface area contributed by atoms with E-state index in [1.165, 1.54) is 5.56 Å². The molecule has 0 N–H and O–H groups in total. The van der Waals surface area contributed by atoms with Crippen molar-refractivity contribution in [1.29, 1.82) is 0 Å². The van der Waals surface area contributed by atoms with Crippen LogP contribution in [0.15, 0.2) is 30.3 Å². The van der Waals surface area contributed by atoms with Gasteiger partial charge in [0, 0.05) is 5.92 Å². The van der Waals surface area contributed by atoms with E-state index in [4.69, 9.17) is 9.47 Å². The molecule has 0 radical (unpaired) electrons. The molecular weight excluding hydrogens is 252 g/mol. The van der Waals surface area contributed by atoms with Crippen LogP contribution >= 0.6 is 0 Å². The Hall–Kier alpha value is -1.19. The van der Waals surface area contributed by atoms with Crippen molar-refractivity contribution in [2.75, 3.05) is 13.2 Å². The van der Waals surface area contributed by atoms with Gasteiger partial charge in [0.05, 0.1) is 18.6 Å². The summed E-state index contributed by atoms with van der Waals surface area (Å²) in [6, 6.07) is 10.2. The largest absolute Gasteiger partial charge is 0.349 e. The molecule has 0 amide bonds. The molecule has 1 spiro atoms. The van der Waals surface area contributed by atoms with E-state index in [9.17, 15) is 4.79 Å². The summed E-state index contributed by atoms with van der Waals surface area (Å²) in [5.74, 6) is -0.106. The van der Waals surface area contributed by atoms with E-state index in [0.717, 1.165) is 19.3 Å². The third-order valence-corrected chi connectivity index (χ3v) is 4.58. The van der Waals surface area contributed by atoms with E-state index >= 15 is 0 Å². The van der Waals surface area contributed by atoms with Crippen LogP contribution in [0.2, 0.25) is 0 Å². The lowest BCUT2D eigenvalue weighted by Gasteiger charge is -2.40. The molecule has 1 aromatic rings. The monoisotopic (exact) mass is 274 g/mol. The highest BCUT2D eigenvalue weighted by atomic mass is 16.7. The Bertz CT molecular complexity index is 482. The van der Waals surface area contributed by atoms with Crippen molar-refractivity contribution in [2.45, 2.75) is 38.9 Å². The third-order valence-electron chi connectivity index (χ3n) is 4.58. The number of hydrogen-bond acceptors (Lipinski definition) is 3. The summed E-state index contributed by atoms with van der Waals surface area (Å²) in [4.78, 5) is 12.7. The van der Waals surface area contributed by atoms with Crippen LogP contribution < -0.4 is 0 Å². The summed E-state index contributed by atoms with van der Waals surface area (Å²) in [6.07, 6.45) is 2.67. The molecule has 20 heavy (non-hydrogen) atoms. The van der Waals surface area contributed by atoms with Crippen LogP contribution in [0.1, 0.15) is 32.3 Å². The standard InChI is InChI=1S/C17H22O3/c1-16(2)19-11-17(12-20-16)9-8-14(15(17)18)10-13-6-4-3-5-7-13/h3-7,14H,8-12H2,1-2H3. The Morgan fingerprint density at radius 2 is 1.80 bits per heavy atom. The molecule has 3 nitrogen and oxygen atoms in total. The van der Waals surface area contributed by atoms with Crippen LogP contribution in [0, 0.1) is 11.3 Å². The molecule has 1 aliphatic carbocycles. The van der Waals surface area contributed by atoms with Crippen LogP contribution in [0.25, 0.3) is 0 Å². The number of Topliss-reactive ketones (excluding diaryl/α,β-unsaturated/α-hetero) is 1. The number of ketones is 1. The maximum atomic E-state index is 12.7. The molecule has 2 aliphatic rings. The van der Waals surface area contributed by atoms with Crippen molar-refractivity contribution in [3.05, 3.63) is 35.9 Å². The average molecular weight is 274 g/mol. The summed E-state index contributed by atoms with van der Waals surface area (Å²) < 4.78 is 11.5. The molecule has 1 saturated heterocycles. The highest BCUT2D eigenvalue weighted by Gasteiger charge is 2.51. The quantitative estimate of drug-likeness (QED) is 0.831. The fourth-order valence-electron chi connectivity index (χ4n) is 3.23. The highest BCUT2D eigenvalue weighted by Crippen LogP contribution is 2.44. The second-order valence-corrected chi connectivity index (χ2v) is 6.55. The van der Waals surface area contributed by atoms with E-state index in [0.29, 0.717) is 19.0 Å². The van der Waals surface area contributed by atoms with Crippen molar-refractivity contribution in [2.24, 2.45) is 11.3 Å². The predicted molar refractivity (Wildman–Crippen MR) is 76.3 cm³/mol. The molecule has 1 heterocycles. The summed E-state index contributed by atoms with van der Waals surface area (Å²) in [6.45, 7) is 4.82. The molecule has 1 atom stereocenters. The molecule has 3 heteroatoms. The molecule has 2 fully saturated rings. The number of benzene rings is 1. The topological polar surface area (TPSA) is 35.5 Å². The first-order chi connectivity index (χ1) is 9.51. The first kappa shape index (κ1) is 13.8. The lowest BCUT2D eigenvalue weighted by molar-refractivity contribution is -0.278. The second kappa shape index (κ2) is 4.97. The number of ether oxygens (including phenoxy) is 2. The number of rotatable bonds is 2. The Balaban J connectivity index is 1.69. The second-order valence-electron chi connectivity index (χ2n) is 6.55. The minimum absolute atomic E-state index is 0.116. The number of carbonyl (C=O) groups is 1. The molecule has 1 aliphatic heterocycles. The van der Waals surface area contributed by atoms with Crippen molar-refractivity contribution < 1.29 is 14.3 Å². The Morgan fingerprint density at radius 1 is 1.15 bits per heavy atom. The molecule has 0 bridgehead atoms. The van der Waals surface area contributed by atoms with Crippen LogP contribution in [0.4, 0.5) is 0 Å². The van der Waals surface area contributed by atoms with Gasteiger partial charge in [-0.05, 0) is 38.7 Å². The van der Waals surface area contributed by atoms with Gasteiger partial charge < -0.3 is 9.47 Å². The molecule has 0 aromatic heterocycles. The Kier molecular flexibility index (Phi) is 3.43. The van der Waals surface area contributed by atoms with Gasteiger partial charge in [0.25, 0.3) is 0 Å². The van der Waals surface area contributed by atoms with E-state index in [-0.39, 0.29) is 5.92 Å². The summed E-state index contributed by atoms with van der Waals surface area (Å²) >= 11 is 0. The van der Waals surface area contributed by atoms with Crippen molar-refractivity contribution in [3.8, 4) is 0 Å². The highest BCUT2D eigenvalue weighted by molar-refractivity contribution is 5.89. The van der Waals surface area contributed by atoms with Gasteiger partial charge in [0.15, 0.2) is 5.79 Å². The summed E-state index contributed by atoms with van der Waals surface area (Å²) in [5, 5.41) is 0. The van der Waals surface area contributed by atoms with Crippen molar-refractivity contribution in [3.63, 3.8) is 0 Å². The molecule has 1 saturated carbocycles. The zero-order valence-corrected chi connectivity index (χ0v) is 12.2. The first-order valence-electron chi connectivity index (χ1n) is 7.37. The molecule has 1 aromatic carbocycles. The SMILES string of the molecule is CC1(C)OCC2(CCC(Cc3ccccc3)C2=O)CO1. The predicted octanol–water partition coefficient (Wildman–Crippen LogP) is 2.98. The summed E-state index contributed by atoms with van der Waals surface area (Å²) in [7, 11) is 0. The lowest BCUT2D eigenvalue weighted by atomic mass is 9.83. The molecule has 1 unspecified atom stereocenters. The zero-order chi connectivity index (χ0) is 14.2. The number of hydrogen-bond donors (Lipinski definition) is 0. The van der Waals surface area contributed by atoms with Gasteiger partial charge in [-0.15, -0.1) is 0 Å². The average Bonchev–Trinajstić information content (AvgIpc) is 2.73. The third kappa shape index (κ3) is 2.52. The van der Waals surface area contributed by atoms with Gasteiger partial charge in [-0.2, -0.15) is 0 Å². The fourth-order valence-corrected chi connectivity index (χ4v) is 3.23. The van der Waals surface area contributed by atoms with E-state index in [1.807, 2.05) is 32.0 Å². The van der Waals surface area contributed by atoms with Gasteiger partial charge >= 0.3 is 0 Å². The zero-order valence-electron chi connectivity index (χ0n) is 12.2. The first-order valence-corrected chi connectivity index (χ1v) is 7.37. The van der Waals surface area contributed by atoms with Crippen molar-refractivity contribution >= 4 is 5.78 Å².